The molecule has 2 rings (SSSR count). The first kappa shape index (κ1) is 15.8. The monoisotopic (exact) mass is 286 g/mol. The Labute approximate surface area is 128 Å². The summed E-state index contributed by atoms with van der Waals surface area (Å²) in [5.41, 5.74) is 3.05. The van der Waals surface area contributed by atoms with Crippen LogP contribution >= 0.6 is 0 Å². The zero-order valence-corrected chi connectivity index (χ0v) is 13.7. The zero-order chi connectivity index (χ0) is 15.5. The SMILES string of the molecule is CCc1nnc(NC2CCCC(C)(C)C2)c(C#N)c1CC. The molecule has 1 fully saturated rings. The number of nitrogens with one attached hydrogen (secondary N) is 1. The summed E-state index contributed by atoms with van der Waals surface area (Å²) < 4.78 is 0. The van der Waals surface area contributed by atoms with Gasteiger partial charge in [-0.2, -0.15) is 10.4 Å². The molecular weight excluding hydrogens is 260 g/mol. The maximum absolute atomic E-state index is 9.52. The first-order valence-corrected chi connectivity index (χ1v) is 8.05. The molecule has 0 bridgehead atoms. The van der Waals surface area contributed by atoms with Crippen LogP contribution in [0.1, 0.15) is 70.2 Å². The van der Waals surface area contributed by atoms with Crippen molar-refractivity contribution in [3.8, 4) is 6.07 Å². The summed E-state index contributed by atoms with van der Waals surface area (Å²) in [6.45, 7) is 8.76. The third-order valence-corrected chi connectivity index (χ3v) is 4.50. The van der Waals surface area contributed by atoms with E-state index in [1.807, 2.05) is 0 Å². The average molecular weight is 286 g/mol. The van der Waals surface area contributed by atoms with Crippen molar-refractivity contribution in [1.82, 2.24) is 10.2 Å². The van der Waals surface area contributed by atoms with Gasteiger partial charge in [0.1, 0.15) is 11.6 Å². The van der Waals surface area contributed by atoms with E-state index in [0.717, 1.165) is 36.9 Å². The number of rotatable bonds is 4. The van der Waals surface area contributed by atoms with Crippen LogP contribution in [0.15, 0.2) is 0 Å². The predicted octanol–water partition coefficient (Wildman–Crippen LogP) is 3.85. The molecule has 1 aliphatic rings. The van der Waals surface area contributed by atoms with Crippen molar-refractivity contribution in [1.29, 1.82) is 5.26 Å². The molecule has 114 valence electrons. The number of nitrogens with zero attached hydrogens (tertiary/aromatic N) is 3. The van der Waals surface area contributed by atoms with Gasteiger partial charge in [-0.1, -0.05) is 34.1 Å². The Kier molecular flexibility index (Phi) is 4.82. The Balaban J connectivity index is 2.26. The van der Waals surface area contributed by atoms with Gasteiger partial charge in [-0.25, -0.2) is 0 Å². The van der Waals surface area contributed by atoms with Gasteiger partial charge in [-0.05, 0) is 43.1 Å². The molecule has 4 heteroatoms. The Bertz CT molecular complexity index is 542. The molecule has 0 spiro atoms. The molecule has 0 amide bonds. The molecule has 1 saturated carbocycles. The number of aryl methyl sites for hydroxylation is 1. The molecule has 0 aromatic carbocycles. The van der Waals surface area contributed by atoms with Crippen molar-refractivity contribution >= 4 is 5.82 Å². The van der Waals surface area contributed by atoms with Crippen molar-refractivity contribution in [3.05, 3.63) is 16.8 Å². The maximum Gasteiger partial charge on any atom is 0.167 e. The van der Waals surface area contributed by atoms with Crippen LogP contribution in [-0.2, 0) is 12.8 Å². The van der Waals surface area contributed by atoms with E-state index in [0.29, 0.717) is 22.8 Å². The van der Waals surface area contributed by atoms with Crippen LogP contribution in [0.4, 0.5) is 5.82 Å². The second-order valence-corrected chi connectivity index (χ2v) is 6.77. The largest absolute Gasteiger partial charge is 0.365 e. The summed E-state index contributed by atoms with van der Waals surface area (Å²) in [6, 6.07) is 2.73. The molecule has 1 unspecified atom stereocenters. The van der Waals surface area contributed by atoms with E-state index in [9.17, 15) is 5.26 Å². The highest BCUT2D eigenvalue weighted by Crippen LogP contribution is 2.36. The Morgan fingerprint density at radius 3 is 2.62 bits per heavy atom. The normalized spacial score (nSPS) is 20.8. The highest BCUT2D eigenvalue weighted by atomic mass is 15.2. The standard InChI is InChI=1S/C17H26N4/c1-5-13-14(11-18)16(21-20-15(13)6-2)19-12-8-7-9-17(3,4)10-12/h12H,5-10H2,1-4H3,(H,19,21). The number of anilines is 1. The molecule has 0 radical (unpaired) electrons. The Morgan fingerprint density at radius 2 is 2.05 bits per heavy atom. The number of nitriles is 1. The lowest BCUT2D eigenvalue weighted by molar-refractivity contribution is 0.229. The van der Waals surface area contributed by atoms with Gasteiger partial charge in [0, 0.05) is 6.04 Å². The van der Waals surface area contributed by atoms with Crippen LogP contribution in [-0.4, -0.2) is 16.2 Å². The highest BCUT2D eigenvalue weighted by molar-refractivity contribution is 5.57. The summed E-state index contributed by atoms with van der Waals surface area (Å²) in [4.78, 5) is 0. The smallest absolute Gasteiger partial charge is 0.167 e. The summed E-state index contributed by atoms with van der Waals surface area (Å²) in [6.07, 6.45) is 6.42. The van der Waals surface area contributed by atoms with E-state index in [-0.39, 0.29) is 0 Å². The molecular formula is C17H26N4. The summed E-state index contributed by atoms with van der Waals surface area (Å²) in [7, 11) is 0. The molecule has 1 aromatic rings. The van der Waals surface area contributed by atoms with E-state index in [2.05, 4.69) is 49.3 Å². The second-order valence-electron chi connectivity index (χ2n) is 6.77. The molecule has 1 aromatic heterocycles. The van der Waals surface area contributed by atoms with Crippen LogP contribution in [0, 0.1) is 16.7 Å². The summed E-state index contributed by atoms with van der Waals surface area (Å²) >= 11 is 0. The molecule has 1 aliphatic carbocycles. The predicted molar refractivity (Wildman–Crippen MR) is 85.2 cm³/mol. The summed E-state index contributed by atoms with van der Waals surface area (Å²) in [5.74, 6) is 0.675. The van der Waals surface area contributed by atoms with Gasteiger partial charge in [0.05, 0.1) is 5.69 Å². The van der Waals surface area contributed by atoms with Crippen LogP contribution < -0.4 is 5.32 Å². The molecule has 0 aliphatic heterocycles. The number of hydrogen-bond acceptors (Lipinski definition) is 4. The molecule has 1 heterocycles. The van der Waals surface area contributed by atoms with E-state index < -0.39 is 0 Å². The minimum absolute atomic E-state index is 0.368. The third-order valence-electron chi connectivity index (χ3n) is 4.50. The first-order chi connectivity index (χ1) is 10.0. The van der Waals surface area contributed by atoms with Crippen LogP contribution in [0.3, 0.4) is 0 Å². The third kappa shape index (κ3) is 3.53. The zero-order valence-electron chi connectivity index (χ0n) is 13.7. The lowest BCUT2D eigenvalue weighted by Crippen LogP contribution is -2.32. The van der Waals surface area contributed by atoms with E-state index >= 15 is 0 Å². The van der Waals surface area contributed by atoms with Gasteiger partial charge in [-0.3, -0.25) is 0 Å². The number of aromatic nitrogens is 2. The minimum atomic E-state index is 0.368. The maximum atomic E-state index is 9.52. The molecule has 1 N–H and O–H groups in total. The van der Waals surface area contributed by atoms with Gasteiger partial charge in [0.2, 0.25) is 0 Å². The minimum Gasteiger partial charge on any atom is -0.365 e. The van der Waals surface area contributed by atoms with E-state index in [1.165, 1.54) is 12.8 Å². The molecule has 0 saturated heterocycles. The fourth-order valence-electron chi connectivity index (χ4n) is 3.41. The van der Waals surface area contributed by atoms with Crippen molar-refractivity contribution in [2.75, 3.05) is 5.32 Å². The Hall–Kier alpha value is -1.63. The highest BCUT2D eigenvalue weighted by Gasteiger charge is 2.29. The lowest BCUT2D eigenvalue weighted by Gasteiger charge is -2.35. The van der Waals surface area contributed by atoms with E-state index in [4.69, 9.17) is 0 Å². The van der Waals surface area contributed by atoms with Crippen LogP contribution in [0.25, 0.3) is 0 Å². The van der Waals surface area contributed by atoms with Crippen LogP contribution in [0.5, 0.6) is 0 Å². The van der Waals surface area contributed by atoms with Crippen LogP contribution in [0.2, 0.25) is 0 Å². The van der Waals surface area contributed by atoms with Gasteiger partial charge in [0.15, 0.2) is 5.82 Å². The second kappa shape index (κ2) is 6.43. The molecule has 4 nitrogen and oxygen atoms in total. The number of hydrogen-bond donors (Lipinski definition) is 1. The van der Waals surface area contributed by atoms with Gasteiger partial charge in [-0.15, -0.1) is 5.10 Å². The van der Waals surface area contributed by atoms with E-state index in [1.54, 1.807) is 0 Å². The lowest BCUT2D eigenvalue weighted by atomic mass is 9.75. The summed E-state index contributed by atoms with van der Waals surface area (Å²) in [5, 5.41) is 21.6. The van der Waals surface area contributed by atoms with Crippen molar-refractivity contribution in [2.24, 2.45) is 5.41 Å². The quantitative estimate of drug-likeness (QED) is 0.913. The van der Waals surface area contributed by atoms with Crippen molar-refractivity contribution in [2.45, 2.75) is 72.3 Å². The van der Waals surface area contributed by atoms with Gasteiger partial charge in [0.25, 0.3) is 0 Å². The fourth-order valence-corrected chi connectivity index (χ4v) is 3.41. The van der Waals surface area contributed by atoms with Gasteiger partial charge < -0.3 is 5.32 Å². The fraction of sp³-hybridized carbons (Fsp3) is 0.706. The molecule has 21 heavy (non-hydrogen) atoms. The van der Waals surface area contributed by atoms with Crippen molar-refractivity contribution in [3.63, 3.8) is 0 Å². The van der Waals surface area contributed by atoms with Crippen molar-refractivity contribution < 1.29 is 0 Å². The average Bonchev–Trinajstić information content (AvgIpc) is 2.45. The Morgan fingerprint density at radius 1 is 1.29 bits per heavy atom. The van der Waals surface area contributed by atoms with Gasteiger partial charge >= 0.3 is 0 Å². The topological polar surface area (TPSA) is 61.6 Å². The molecule has 1 atom stereocenters. The first-order valence-electron chi connectivity index (χ1n) is 8.05.